The molecule has 144 valence electrons. The third-order valence-electron chi connectivity index (χ3n) is 5.30. The summed E-state index contributed by atoms with van der Waals surface area (Å²) in [6, 6.07) is 3.43. The summed E-state index contributed by atoms with van der Waals surface area (Å²) in [7, 11) is 0. The minimum absolute atomic E-state index is 0.0410. The second-order valence-electron chi connectivity index (χ2n) is 7.38. The van der Waals surface area contributed by atoms with E-state index < -0.39 is 0 Å². The van der Waals surface area contributed by atoms with Crippen LogP contribution in [0.2, 0.25) is 5.02 Å². The third-order valence-corrected chi connectivity index (χ3v) is 5.61. The predicted octanol–water partition coefficient (Wildman–Crippen LogP) is 2.65. The summed E-state index contributed by atoms with van der Waals surface area (Å²) in [5, 5.41) is 3.58. The molecule has 3 heterocycles. The highest BCUT2D eigenvalue weighted by Crippen LogP contribution is 2.33. The van der Waals surface area contributed by atoms with Gasteiger partial charge in [-0.05, 0) is 58.0 Å². The number of aromatic nitrogens is 1. The predicted molar refractivity (Wildman–Crippen MR) is 106 cm³/mol. The Morgan fingerprint density at radius 3 is 2.89 bits per heavy atom. The van der Waals surface area contributed by atoms with E-state index in [1.165, 1.54) is 12.8 Å². The van der Waals surface area contributed by atoms with Crippen molar-refractivity contribution in [1.82, 2.24) is 14.8 Å². The average molecular weight is 390 g/mol. The van der Waals surface area contributed by atoms with Crippen molar-refractivity contribution in [2.24, 2.45) is 0 Å². The zero-order chi connectivity index (χ0) is 19.0. The van der Waals surface area contributed by atoms with Gasteiger partial charge in [0.15, 0.2) is 0 Å². The molecule has 1 unspecified atom stereocenters. The molecule has 0 radical (unpaired) electrons. The molecule has 0 spiro atoms. The van der Waals surface area contributed by atoms with Gasteiger partial charge in [0, 0.05) is 12.7 Å². The zero-order valence-corrected chi connectivity index (χ0v) is 16.2. The molecule has 2 aliphatic rings. The lowest BCUT2D eigenvalue weighted by Crippen LogP contribution is -2.34. The van der Waals surface area contributed by atoms with Gasteiger partial charge < -0.3 is 19.5 Å². The van der Waals surface area contributed by atoms with Gasteiger partial charge in [0.05, 0.1) is 22.5 Å². The number of pyridine rings is 1. The van der Waals surface area contributed by atoms with Crippen molar-refractivity contribution >= 4 is 28.4 Å². The summed E-state index contributed by atoms with van der Waals surface area (Å²) in [4.78, 5) is 28.0. The highest BCUT2D eigenvalue weighted by atomic mass is 35.5. The van der Waals surface area contributed by atoms with Gasteiger partial charge in [-0.15, -0.1) is 0 Å². The van der Waals surface area contributed by atoms with Gasteiger partial charge in [-0.2, -0.15) is 0 Å². The zero-order valence-electron chi connectivity index (χ0n) is 15.5. The fourth-order valence-corrected chi connectivity index (χ4v) is 4.24. The van der Waals surface area contributed by atoms with Crippen molar-refractivity contribution in [3.63, 3.8) is 0 Å². The number of halogens is 1. The average Bonchev–Trinajstić information content (AvgIpc) is 3.16. The maximum Gasteiger partial charge on any atom is 0.256 e. The van der Waals surface area contributed by atoms with E-state index in [9.17, 15) is 9.59 Å². The van der Waals surface area contributed by atoms with Gasteiger partial charge in [0.1, 0.15) is 17.4 Å². The van der Waals surface area contributed by atoms with Crippen LogP contribution < -0.4 is 15.5 Å². The van der Waals surface area contributed by atoms with Crippen LogP contribution in [0.15, 0.2) is 23.1 Å². The Labute approximate surface area is 163 Å². The van der Waals surface area contributed by atoms with Crippen LogP contribution in [0.5, 0.6) is 5.75 Å². The van der Waals surface area contributed by atoms with Crippen LogP contribution >= 0.6 is 11.6 Å². The van der Waals surface area contributed by atoms with E-state index in [0.29, 0.717) is 34.8 Å². The van der Waals surface area contributed by atoms with Crippen molar-refractivity contribution in [1.29, 1.82) is 0 Å². The number of hydrogen-bond acceptors (Lipinski definition) is 4. The molecule has 0 bridgehead atoms. The molecule has 7 heteroatoms. The first-order chi connectivity index (χ1) is 13.0. The van der Waals surface area contributed by atoms with Gasteiger partial charge >= 0.3 is 0 Å². The number of hydrogen-bond donors (Lipinski definition) is 1. The van der Waals surface area contributed by atoms with Crippen LogP contribution in [0.4, 0.5) is 0 Å². The first-order valence-corrected chi connectivity index (χ1v) is 9.95. The molecule has 1 fully saturated rings. The Morgan fingerprint density at radius 2 is 2.11 bits per heavy atom. The van der Waals surface area contributed by atoms with E-state index in [-0.39, 0.29) is 23.0 Å². The number of rotatable bonds is 5. The maximum atomic E-state index is 12.9. The minimum Gasteiger partial charge on any atom is -0.487 e. The van der Waals surface area contributed by atoms with E-state index in [1.54, 1.807) is 18.3 Å². The highest BCUT2D eigenvalue weighted by molar-refractivity contribution is 6.35. The van der Waals surface area contributed by atoms with Gasteiger partial charge in [0.2, 0.25) is 5.43 Å². The van der Waals surface area contributed by atoms with Crippen LogP contribution in [0.1, 0.15) is 36.5 Å². The second-order valence-corrected chi connectivity index (χ2v) is 7.79. The quantitative estimate of drug-likeness (QED) is 0.798. The van der Waals surface area contributed by atoms with Crippen LogP contribution in [0, 0.1) is 0 Å². The molecule has 27 heavy (non-hydrogen) atoms. The van der Waals surface area contributed by atoms with E-state index in [1.807, 2.05) is 11.5 Å². The molecule has 4 rings (SSSR count). The largest absolute Gasteiger partial charge is 0.487 e. The molecule has 1 N–H and O–H groups in total. The van der Waals surface area contributed by atoms with Crippen LogP contribution in [0.3, 0.4) is 0 Å². The molecular weight excluding hydrogens is 366 g/mol. The number of carbonyl (C=O) groups excluding carboxylic acids is 1. The highest BCUT2D eigenvalue weighted by Gasteiger charge is 2.24. The summed E-state index contributed by atoms with van der Waals surface area (Å²) in [6.07, 6.45) is 4.99. The van der Waals surface area contributed by atoms with Crippen molar-refractivity contribution in [2.75, 3.05) is 26.2 Å². The van der Waals surface area contributed by atoms with E-state index in [4.69, 9.17) is 16.3 Å². The van der Waals surface area contributed by atoms with Gasteiger partial charge in [0.25, 0.3) is 5.91 Å². The lowest BCUT2D eigenvalue weighted by Gasteiger charge is -2.26. The Bertz CT molecular complexity index is 934. The number of benzene rings is 1. The fraction of sp³-hybridized carbons (Fsp3) is 0.500. The number of carbonyl (C=O) groups is 1. The molecule has 2 aromatic rings. The second kappa shape index (κ2) is 7.52. The molecular formula is C20H24ClN3O3. The Hall–Kier alpha value is -2.05. The van der Waals surface area contributed by atoms with Crippen LogP contribution in [-0.2, 0) is 6.54 Å². The summed E-state index contributed by atoms with van der Waals surface area (Å²) in [5.41, 5.74) is 0.455. The topological polar surface area (TPSA) is 63.6 Å². The summed E-state index contributed by atoms with van der Waals surface area (Å²) in [5.74, 6) is 0.288. The Kier molecular flexibility index (Phi) is 5.10. The molecule has 1 amide bonds. The van der Waals surface area contributed by atoms with Crippen molar-refractivity contribution in [2.45, 2.75) is 38.8 Å². The summed E-state index contributed by atoms with van der Waals surface area (Å²) < 4.78 is 7.73. The smallest absolute Gasteiger partial charge is 0.256 e. The lowest BCUT2D eigenvalue weighted by atomic mass is 10.1. The van der Waals surface area contributed by atoms with Gasteiger partial charge in [-0.3, -0.25) is 9.59 Å². The van der Waals surface area contributed by atoms with Gasteiger partial charge in [-0.1, -0.05) is 11.6 Å². The molecule has 0 saturated carbocycles. The number of ether oxygens (including phenoxy) is 1. The number of amides is 1. The van der Waals surface area contributed by atoms with Crippen molar-refractivity contribution in [3.05, 3.63) is 39.1 Å². The van der Waals surface area contributed by atoms with Crippen molar-refractivity contribution < 1.29 is 9.53 Å². The first-order valence-electron chi connectivity index (χ1n) is 9.57. The molecule has 0 aliphatic carbocycles. The fourth-order valence-electron chi connectivity index (χ4n) is 4.00. The lowest BCUT2D eigenvalue weighted by molar-refractivity contribution is 0.0949. The number of nitrogens with one attached hydrogen (secondary N) is 1. The summed E-state index contributed by atoms with van der Waals surface area (Å²) >= 11 is 6.29. The van der Waals surface area contributed by atoms with E-state index in [0.717, 1.165) is 26.1 Å². The standard InChI is InChI=1S/C20H24ClN3O3/c1-13-11-24-12-14(20(26)22-7-4-10-23-8-2-3-9-23)19(25)17-15(21)5-6-16(27-13)18(17)24/h5-6,12-13H,2-4,7-11H2,1H3,(H,22,26). The Balaban J connectivity index is 1.56. The SMILES string of the molecule is CC1Cn2cc(C(=O)NCCCN3CCCC3)c(=O)c3c(Cl)ccc(c32)O1. The number of likely N-dealkylation sites (tertiary alicyclic amines) is 1. The molecule has 6 nitrogen and oxygen atoms in total. The van der Waals surface area contributed by atoms with E-state index >= 15 is 0 Å². The van der Waals surface area contributed by atoms with Gasteiger partial charge in [-0.25, -0.2) is 0 Å². The monoisotopic (exact) mass is 389 g/mol. The molecule has 1 aromatic carbocycles. The molecule has 2 aliphatic heterocycles. The summed E-state index contributed by atoms with van der Waals surface area (Å²) in [6.45, 7) is 6.35. The molecule has 1 aromatic heterocycles. The van der Waals surface area contributed by atoms with Crippen LogP contribution in [-0.4, -0.2) is 47.7 Å². The maximum absolute atomic E-state index is 12.9. The van der Waals surface area contributed by atoms with Crippen LogP contribution in [0.25, 0.3) is 10.9 Å². The minimum atomic E-state index is -0.344. The molecule has 1 atom stereocenters. The normalized spacial score (nSPS) is 19.3. The molecule has 1 saturated heterocycles. The third kappa shape index (κ3) is 3.56. The first kappa shape index (κ1) is 18.3. The van der Waals surface area contributed by atoms with E-state index in [2.05, 4.69) is 10.2 Å². The van der Waals surface area contributed by atoms with Crippen molar-refractivity contribution in [3.8, 4) is 5.75 Å². The Morgan fingerprint density at radius 1 is 1.33 bits per heavy atom. The number of nitrogens with zero attached hydrogens (tertiary/aromatic N) is 2.